The standard InChI is InChI=1S/C26H32N4O3/c1-32-22-4-2-3-20(12-22)29-7-5-18(6-8-29)15-28-9-10-30-21(16-28)17-33-25-13-23-19(11-24(25)30)14-27-26(23)31/h2-4,11-13,18,21H,5-10,14-17H2,1H3,(H,27,31). The van der Waals surface area contributed by atoms with E-state index >= 15 is 0 Å². The summed E-state index contributed by atoms with van der Waals surface area (Å²) >= 11 is 0. The summed E-state index contributed by atoms with van der Waals surface area (Å²) in [6.07, 6.45) is 2.46. The molecule has 2 fully saturated rings. The summed E-state index contributed by atoms with van der Waals surface area (Å²) in [7, 11) is 1.73. The molecule has 0 saturated carbocycles. The summed E-state index contributed by atoms with van der Waals surface area (Å²) in [6.45, 7) is 7.85. The minimum absolute atomic E-state index is 0.0146. The normalized spacial score (nSPS) is 22.8. The monoisotopic (exact) mass is 448 g/mol. The average molecular weight is 449 g/mol. The van der Waals surface area contributed by atoms with Crippen LogP contribution in [0.1, 0.15) is 28.8 Å². The highest BCUT2D eigenvalue weighted by atomic mass is 16.5. The molecule has 4 aliphatic heterocycles. The Balaban J connectivity index is 1.05. The second-order valence-electron chi connectivity index (χ2n) is 9.71. The molecule has 1 atom stereocenters. The summed E-state index contributed by atoms with van der Waals surface area (Å²) in [5, 5.41) is 2.92. The molecule has 174 valence electrons. The number of benzene rings is 2. The Morgan fingerprint density at radius 2 is 2.00 bits per heavy atom. The number of nitrogens with one attached hydrogen (secondary N) is 1. The Hall–Kier alpha value is -2.93. The largest absolute Gasteiger partial charge is 0.497 e. The van der Waals surface area contributed by atoms with Crippen LogP contribution in [0.5, 0.6) is 11.5 Å². The third-order valence-corrected chi connectivity index (χ3v) is 7.73. The van der Waals surface area contributed by atoms with Crippen LogP contribution in [-0.4, -0.2) is 69.8 Å². The molecule has 4 heterocycles. The Morgan fingerprint density at radius 3 is 2.85 bits per heavy atom. The number of nitrogens with zero attached hydrogens (tertiary/aromatic N) is 3. The predicted octanol–water partition coefficient (Wildman–Crippen LogP) is 2.74. The maximum Gasteiger partial charge on any atom is 0.252 e. The topological polar surface area (TPSA) is 57.3 Å². The number of fused-ring (bicyclic) bond motifs is 4. The van der Waals surface area contributed by atoms with Crippen molar-refractivity contribution in [2.45, 2.75) is 25.4 Å². The van der Waals surface area contributed by atoms with Crippen LogP contribution in [0.2, 0.25) is 0 Å². The molecule has 0 bridgehead atoms. The average Bonchev–Trinajstić information content (AvgIpc) is 3.22. The van der Waals surface area contributed by atoms with Crippen molar-refractivity contribution in [2.75, 3.05) is 62.8 Å². The van der Waals surface area contributed by atoms with Gasteiger partial charge in [0.2, 0.25) is 0 Å². The molecule has 2 aromatic carbocycles. The number of hydrogen-bond acceptors (Lipinski definition) is 6. The molecule has 6 rings (SSSR count). The minimum atomic E-state index is 0.0146. The van der Waals surface area contributed by atoms with Gasteiger partial charge in [-0.25, -0.2) is 0 Å². The van der Waals surface area contributed by atoms with Crippen LogP contribution in [0, 0.1) is 5.92 Å². The second-order valence-corrected chi connectivity index (χ2v) is 9.71. The number of amides is 1. The van der Waals surface area contributed by atoms with Gasteiger partial charge in [0.1, 0.15) is 18.1 Å². The first-order valence-corrected chi connectivity index (χ1v) is 12.1. The zero-order chi connectivity index (χ0) is 22.4. The lowest BCUT2D eigenvalue weighted by atomic mass is 9.95. The molecular weight excluding hydrogens is 416 g/mol. The molecule has 7 heteroatoms. The van der Waals surface area contributed by atoms with Crippen molar-refractivity contribution in [3.8, 4) is 11.5 Å². The highest BCUT2D eigenvalue weighted by Gasteiger charge is 2.35. The Morgan fingerprint density at radius 1 is 1.12 bits per heavy atom. The Labute approximate surface area is 195 Å². The predicted molar refractivity (Wildman–Crippen MR) is 129 cm³/mol. The number of carbonyl (C=O) groups is 1. The molecule has 33 heavy (non-hydrogen) atoms. The third-order valence-electron chi connectivity index (χ3n) is 7.73. The van der Waals surface area contributed by atoms with Crippen LogP contribution >= 0.6 is 0 Å². The van der Waals surface area contributed by atoms with E-state index in [1.165, 1.54) is 25.1 Å². The molecule has 2 saturated heterocycles. The Kier molecular flexibility index (Phi) is 5.29. The van der Waals surface area contributed by atoms with Gasteiger partial charge < -0.3 is 24.6 Å². The molecular formula is C26H32N4O3. The molecule has 2 aromatic rings. The van der Waals surface area contributed by atoms with Crippen LogP contribution in [0.3, 0.4) is 0 Å². The fourth-order valence-corrected chi connectivity index (χ4v) is 5.86. The number of anilines is 2. The minimum Gasteiger partial charge on any atom is -0.497 e. The molecule has 4 aliphatic rings. The molecule has 0 aliphatic carbocycles. The lowest BCUT2D eigenvalue weighted by Gasteiger charge is -2.47. The lowest BCUT2D eigenvalue weighted by molar-refractivity contribution is 0.0965. The highest BCUT2D eigenvalue weighted by molar-refractivity contribution is 5.99. The first-order chi connectivity index (χ1) is 16.2. The number of carbonyl (C=O) groups excluding carboxylic acids is 1. The van der Waals surface area contributed by atoms with Gasteiger partial charge in [-0.05, 0) is 48.6 Å². The summed E-state index contributed by atoms with van der Waals surface area (Å²) in [4.78, 5) is 19.6. The number of ether oxygens (including phenoxy) is 2. The van der Waals surface area contributed by atoms with Crippen LogP contribution in [0.4, 0.5) is 11.4 Å². The van der Waals surface area contributed by atoms with Crippen LogP contribution in [-0.2, 0) is 6.54 Å². The number of hydrogen-bond donors (Lipinski definition) is 1. The van der Waals surface area contributed by atoms with Crippen LogP contribution in [0.25, 0.3) is 0 Å². The van der Waals surface area contributed by atoms with Gasteiger partial charge in [0, 0.05) is 63.1 Å². The summed E-state index contributed by atoms with van der Waals surface area (Å²) in [5.74, 6) is 2.55. The van der Waals surface area contributed by atoms with E-state index < -0.39 is 0 Å². The first-order valence-electron chi connectivity index (χ1n) is 12.1. The van der Waals surface area contributed by atoms with Gasteiger partial charge in [-0.2, -0.15) is 0 Å². The van der Waals surface area contributed by atoms with Crippen molar-refractivity contribution in [3.05, 3.63) is 47.5 Å². The van der Waals surface area contributed by atoms with Crippen molar-refractivity contribution in [3.63, 3.8) is 0 Å². The third kappa shape index (κ3) is 3.88. The van der Waals surface area contributed by atoms with Gasteiger partial charge in [0.25, 0.3) is 5.91 Å². The maximum absolute atomic E-state index is 12.0. The van der Waals surface area contributed by atoms with Crippen LogP contribution in [0.15, 0.2) is 36.4 Å². The molecule has 7 nitrogen and oxygen atoms in total. The smallest absolute Gasteiger partial charge is 0.252 e. The fourth-order valence-electron chi connectivity index (χ4n) is 5.86. The molecule has 1 amide bonds. The number of rotatable bonds is 4. The number of piperazine rings is 1. The molecule has 1 N–H and O–H groups in total. The molecule has 0 spiro atoms. The van der Waals surface area contributed by atoms with Crippen molar-refractivity contribution in [1.29, 1.82) is 0 Å². The van der Waals surface area contributed by atoms with Crippen molar-refractivity contribution >= 4 is 17.3 Å². The van der Waals surface area contributed by atoms with Gasteiger partial charge in [0.15, 0.2) is 0 Å². The van der Waals surface area contributed by atoms with Crippen molar-refractivity contribution in [1.82, 2.24) is 10.2 Å². The van der Waals surface area contributed by atoms with Gasteiger partial charge in [0.05, 0.1) is 18.8 Å². The van der Waals surface area contributed by atoms with Crippen molar-refractivity contribution < 1.29 is 14.3 Å². The number of piperidine rings is 1. The van der Waals surface area contributed by atoms with E-state index in [-0.39, 0.29) is 5.91 Å². The quantitative estimate of drug-likeness (QED) is 0.776. The number of methoxy groups -OCH3 is 1. The maximum atomic E-state index is 12.0. The summed E-state index contributed by atoms with van der Waals surface area (Å²) in [5.41, 5.74) is 4.29. The van der Waals surface area contributed by atoms with E-state index in [4.69, 9.17) is 9.47 Å². The zero-order valence-corrected chi connectivity index (χ0v) is 19.3. The van der Waals surface area contributed by atoms with E-state index in [1.54, 1.807) is 7.11 Å². The van der Waals surface area contributed by atoms with E-state index in [0.29, 0.717) is 19.2 Å². The molecule has 1 unspecified atom stereocenters. The first kappa shape index (κ1) is 20.7. The van der Waals surface area contributed by atoms with Gasteiger partial charge in [-0.1, -0.05) is 6.07 Å². The van der Waals surface area contributed by atoms with Gasteiger partial charge in [-0.3, -0.25) is 9.69 Å². The summed E-state index contributed by atoms with van der Waals surface area (Å²) in [6, 6.07) is 12.9. The van der Waals surface area contributed by atoms with E-state index in [2.05, 4.69) is 44.3 Å². The zero-order valence-electron chi connectivity index (χ0n) is 19.3. The summed E-state index contributed by atoms with van der Waals surface area (Å²) < 4.78 is 11.5. The molecule has 0 aromatic heterocycles. The fraction of sp³-hybridized carbons (Fsp3) is 0.500. The Bertz CT molecular complexity index is 1050. The molecule has 0 radical (unpaired) electrons. The van der Waals surface area contributed by atoms with E-state index in [1.807, 2.05) is 12.1 Å². The van der Waals surface area contributed by atoms with E-state index in [9.17, 15) is 4.79 Å². The van der Waals surface area contributed by atoms with Crippen molar-refractivity contribution in [2.24, 2.45) is 5.92 Å². The van der Waals surface area contributed by atoms with Crippen LogP contribution < -0.4 is 24.6 Å². The van der Waals surface area contributed by atoms with Gasteiger partial charge in [-0.15, -0.1) is 0 Å². The van der Waals surface area contributed by atoms with E-state index in [0.717, 1.165) is 67.0 Å². The lowest BCUT2D eigenvalue weighted by Crippen LogP contribution is -2.58. The second kappa shape index (κ2) is 8.45. The van der Waals surface area contributed by atoms with Gasteiger partial charge >= 0.3 is 0 Å². The highest BCUT2D eigenvalue weighted by Crippen LogP contribution is 2.39. The SMILES string of the molecule is COc1cccc(N2CCC(CN3CCN4c5cc6c(cc5OCC4C3)C(=O)NC6)CC2)c1.